The normalized spacial score (nSPS) is 24.6. The highest BCUT2D eigenvalue weighted by atomic mass is 16.5. The third-order valence-electron chi connectivity index (χ3n) is 6.62. The van der Waals surface area contributed by atoms with Gasteiger partial charge in [-0.25, -0.2) is 0 Å². The second kappa shape index (κ2) is 8.56. The lowest BCUT2D eigenvalue weighted by molar-refractivity contribution is -0.145. The molecule has 0 saturated carbocycles. The van der Waals surface area contributed by atoms with E-state index in [0.717, 1.165) is 55.9 Å². The Labute approximate surface area is 168 Å². The molecule has 1 aliphatic heterocycles. The van der Waals surface area contributed by atoms with Crippen LogP contribution in [0.25, 0.3) is 0 Å². The average molecular weight is 388 g/mol. The van der Waals surface area contributed by atoms with E-state index in [2.05, 4.69) is 30.2 Å². The molecule has 0 aromatic heterocycles. The lowest BCUT2D eigenvalue weighted by atomic mass is 9.68. The van der Waals surface area contributed by atoms with Gasteiger partial charge in [0, 0.05) is 17.9 Å². The molecule has 1 saturated heterocycles. The smallest absolute Gasteiger partial charge is 0.313 e. The predicted molar refractivity (Wildman–Crippen MR) is 110 cm³/mol. The van der Waals surface area contributed by atoms with E-state index < -0.39 is 0 Å². The number of likely N-dealkylation sites (N-methyl/N-ethyl adjacent to an activating group) is 1. The number of allylic oxidation sites excluding steroid dienone is 1. The van der Waals surface area contributed by atoms with Gasteiger partial charge in [0.2, 0.25) is 0 Å². The van der Waals surface area contributed by atoms with E-state index in [1.54, 1.807) is 14.2 Å². The van der Waals surface area contributed by atoms with Gasteiger partial charge < -0.3 is 14.2 Å². The second-order valence-corrected chi connectivity index (χ2v) is 7.97. The summed E-state index contributed by atoms with van der Waals surface area (Å²) in [7, 11) is 5.48. The van der Waals surface area contributed by atoms with Gasteiger partial charge in [-0.1, -0.05) is 19.9 Å². The van der Waals surface area contributed by atoms with Crippen LogP contribution in [0.5, 0.6) is 11.5 Å². The minimum absolute atomic E-state index is 0.0130. The average Bonchev–Trinajstić information content (AvgIpc) is 3.05. The second-order valence-electron chi connectivity index (χ2n) is 7.97. The zero-order valence-corrected chi connectivity index (χ0v) is 17.8. The maximum Gasteiger partial charge on any atom is 0.313 e. The third-order valence-corrected chi connectivity index (χ3v) is 6.62. The Hall–Kier alpha value is -2.01. The Balaban J connectivity index is 1.89. The molecule has 5 heteroatoms. The summed E-state index contributed by atoms with van der Waals surface area (Å²) in [6.45, 7) is 5.10. The number of rotatable bonds is 7. The molecular weight excluding hydrogens is 354 g/mol. The minimum atomic E-state index is -0.0875. The molecular formula is C23H33NO4. The van der Waals surface area contributed by atoms with Crippen LogP contribution < -0.4 is 9.47 Å². The lowest BCUT2D eigenvalue weighted by Gasteiger charge is -2.40. The van der Waals surface area contributed by atoms with Crippen molar-refractivity contribution in [3.8, 4) is 11.5 Å². The van der Waals surface area contributed by atoms with Crippen molar-refractivity contribution in [2.24, 2.45) is 5.92 Å². The van der Waals surface area contributed by atoms with Crippen LogP contribution in [-0.4, -0.2) is 44.7 Å². The van der Waals surface area contributed by atoms with Gasteiger partial charge in [0.1, 0.15) is 5.76 Å². The van der Waals surface area contributed by atoms with Crippen molar-refractivity contribution in [1.29, 1.82) is 0 Å². The van der Waals surface area contributed by atoms with E-state index >= 15 is 0 Å². The Morgan fingerprint density at radius 3 is 2.54 bits per heavy atom. The van der Waals surface area contributed by atoms with Gasteiger partial charge in [-0.3, -0.25) is 9.69 Å². The van der Waals surface area contributed by atoms with Crippen molar-refractivity contribution in [3.63, 3.8) is 0 Å². The molecule has 1 aliphatic carbocycles. The maximum absolute atomic E-state index is 12.4. The van der Waals surface area contributed by atoms with Crippen molar-refractivity contribution in [2.45, 2.75) is 57.4 Å². The quantitative estimate of drug-likeness (QED) is 0.653. The summed E-state index contributed by atoms with van der Waals surface area (Å²) in [6, 6.07) is 6.47. The highest BCUT2D eigenvalue weighted by Crippen LogP contribution is 2.49. The Morgan fingerprint density at radius 2 is 1.89 bits per heavy atom. The summed E-state index contributed by atoms with van der Waals surface area (Å²) in [5, 5.41) is 0. The van der Waals surface area contributed by atoms with Gasteiger partial charge in [0.05, 0.1) is 20.1 Å². The van der Waals surface area contributed by atoms with Crippen LogP contribution >= 0.6 is 0 Å². The van der Waals surface area contributed by atoms with Gasteiger partial charge >= 0.3 is 5.97 Å². The van der Waals surface area contributed by atoms with E-state index in [1.807, 2.05) is 19.9 Å². The first-order chi connectivity index (χ1) is 13.5. The highest BCUT2D eigenvalue weighted by Gasteiger charge is 2.48. The molecule has 0 amide bonds. The number of hydrogen-bond acceptors (Lipinski definition) is 5. The molecule has 3 rings (SSSR count). The predicted octanol–water partition coefficient (Wildman–Crippen LogP) is 4.30. The summed E-state index contributed by atoms with van der Waals surface area (Å²) in [5.74, 6) is 2.23. The van der Waals surface area contributed by atoms with E-state index in [4.69, 9.17) is 14.2 Å². The lowest BCUT2D eigenvalue weighted by Crippen LogP contribution is -2.42. The van der Waals surface area contributed by atoms with Crippen LogP contribution in [0.2, 0.25) is 0 Å². The number of hydrogen-bond donors (Lipinski definition) is 0. The number of esters is 1. The number of carbonyl (C=O) groups excluding carboxylic acids is 1. The first-order valence-corrected chi connectivity index (χ1v) is 10.3. The largest absolute Gasteiger partial charge is 0.493 e. The molecule has 0 bridgehead atoms. The molecule has 1 aromatic rings. The van der Waals surface area contributed by atoms with E-state index in [9.17, 15) is 4.79 Å². The number of likely N-dealkylation sites (tertiary alicyclic amines) is 1. The first-order valence-electron chi connectivity index (χ1n) is 10.3. The molecule has 0 N–H and O–H groups in total. The molecule has 28 heavy (non-hydrogen) atoms. The summed E-state index contributed by atoms with van der Waals surface area (Å²) in [6.07, 6.45) is 6.63. The highest BCUT2D eigenvalue weighted by molar-refractivity contribution is 5.73. The van der Waals surface area contributed by atoms with Crippen molar-refractivity contribution >= 4 is 5.97 Å². The maximum atomic E-state index is 12.4. The van der Waals surface area contributed by atoms with Crippen LogP contribution in [-0.2, 0) is 14.9 Å². The van der Waals surface area contributed by atoms with Crippen molar-refractivity contribution in [2.75, 3.05) is 27.8 Å². The fraction of sp³-hybridized carbons (Fsp3) is 0.609. The Morgan fingerprint density at radius 1 is 1.18 bits per heavy atom. The molecule has 0 radical (unpaired) electrons. The van der Waals surface area contributed by atoms with E-state index in [-0.39, 0.29) is 23.3 Å². The topological polar surface area (TPSA) is 48.0 Å². The van der Waals surface area contributed by atoms with Crippen LogP contribution in [0.15, 0.2) is 30.0 Å². The molecule has 2 aliphatic rings. The molecule has 2 atom stereocenters. The van der Waals surface area contributed by atoms with Crippen molar-refractivity contribution in [3.05, 3.63) is 35.6 Å². The van der Waals surface area contributed by atoms with Gasteiger partial charge in [-0.15, -0.1) is 0 Å². The fourth-order valence-electron chi connectivity index (χ4n) is 4.77. The summed E-state index contributed by atoms with van der Waals surface area (Å²) in [5.41, 5.74) is 1.28. The molecule has 1 aromatic carbocycles. The minimum Gasteiger partial charge on any atom is -0.493 e. The van der Waals surface area contributed by atoms with Crippen LogP contribution in [0.4, 0.5) is 0 Å². The summed E-state index contributed by atoms with van der Waals surface area (Å²) >= 11 is 0. The number of nitrogens with zero attached hydrogens (tertiary/aromatic N) is 1. The number of methoxy groups -OCH3 is 2. The van der Waals surface area contributed by atoms with Crippen molar-refractivity contribution in [1.82, 2.24) is 4.90 Å². The molecule has 1 fully saturated rings. The third kappa shape index (κ3) is 3.64. The number of fused-ring (bicyclic) bond motifs is 1. The van der Waals surface area contributed by atoms with Crippen molar-refractivity contribution < 1.29 is 19.0 Å². The van der Waals surface area contributed by atoms with Gasteiger partial charge in [-0.05, 0) is 63.0 Å². The number of ether oxygens (including phenoxy) is 3. The zero-order valence-electron chi connectivity index (χ0n) is 17.8. The van der Waals surface area contributed by atoms with Crippen LogP contribution in [0, 0.1) is 5.92 Å². The fourth-order valence-corrected chi connectivity index (χ4v) is 4.77. The summed E-state index contributed by atoms with van der Waals surface area (Å²) < 4.78 is 16.8. The number of benzene rings is 1. The van der Waals surface area contributed by atoms with Gasteiger partial charge in [0.25, 0.3) is 0 Å². The Kier molecular flexibility index (Phi) is 6.33. The Bertz CT molecular complexity index is 740. The molecule has 1 heterocycles. The van der Waals surface area contributed by atoms with Crippen LogP contribution in [0.1, 0.15) is 51.5 Å². The van der Waals surface area contributed by atoms with Crippen LogP contribution in [0.3, 0.4) is 0 Å². The standard InChI is InChI=1S/C23H33NO4/c1-6-16(7-2)22(25)28-18-10-11-23(12-13-24(3)21(23)15-18)17-8-9-19(26-4)20(14-17)27-5/h8-9,14-16,21H,6-7,10-13H2,1-5H3. The summed E-state index contributed by atoms with van der Waals surface area (Å²) in [4.78, 5) is 14.8. The van der Waals surface area contributed by atoms with Gasteiger partial charge in [0.15, 0.2) is 11.5 Å². The first kappa shape index (κ1) is 20.7. The van der Waals surface area contributed by atoms with E-state index in [0.29, 0.717) is 0 Å². The van der Waals surface area contributed by atoms with Gasteiger partial charge in [-0.2, -0.15) is 0 Å². The molecule has 0 spiro atoms. The zero-order chi connectivity index (χ0) is 20.3. The van der Waals surface area contributed by atoms with E-state index in [1.165, 1.54) is 5.56 Å². The number of carbonyl (C=O) groups is 1. The molecule has 2 unspecified atom stereocenters. The monoisotopic (exact) mass is 387 g/mol. The SMILES string of the molecule is CCC(CC)C(=O)OC1=CC2N(C)CCC2(c2ccc(OC)c(OC)c2)CC1. The molecule has 154 valence electrons. The molecule has 5 nitrogen and oxygen atoms in total.